The molecule has 220 valence electrons. The molecular formula is C34H46N4O3. The average Bonchev–Trinajstić information content (AvgIpc) is 3.02. The Hall–Kier alpha value is -3.52. The van der Waals surface area contributed by atoms with E-state index in [1.54, 1.807) is 7.11 Å². The van der Waals surface area contributed by atoms with Crippen LogP contribution < -0.4 is 0 Å². The number of carbonyl (C=O) groups excluding carboxylic acids is 2. The molecule has 7 heteroatoms. The Bertz CT molecular complexity index is 1120. The summed E-state index contributed by atoms with van der Waals surface area (Å²) in [7, 11) is 3.68. The first kappa shape index (κ1) is 32.0. The second-order valence-corrected chi connectivity index (χ2v) is 10.2. The lowest BCUT2D eigenvalue weighted by molar-refractivity contribution is -0.134. The number of likely N-dealkylation sites (N-methyl/N-ethyl adjacent to an activating group) is 1. The van der Waals surface area contributed by atoms with Crippen LogP contribution in [-0.4, -0.2) is 91.4 Å². The van der Waals surface area contributed by atoms with Gasteiger partial charge in [-0.1, -0.05) is 86.6 Å². The highest BCUT2D eigenvalue weighted by molar-refractivity contribution is 5.94. The van der Waals surface area contributed by atoms with E-state index in [-0.39, 0.29) is 11.8 Å². The van der Waals surface area contributed by atoms with Crippen LogP contribution in [0.1, 0.15) is 40.9 Å². The summed E-state index contributed by atoms with van der Waals surface area (Å²) in [5, 5.41) is 0. The fourth-order valence-electron chi connectivity index (χ4n) is 4.88. The predicted octanol–water partition coefficient (Wildman–Crippen LogP) is 4.78. The zero-order valence-corrected chi connectivity index (χ0v) is 25.2. The van der Waals surface area contributed by atoms with E-state index in [2.05, 4.69) is 4.90 Å². The number of benzene rings is 3. The van der Waals surface area contributed by atoms with Crippen LogP contribution in [0.5, 0.6) is 0 Å². The molecule has 0 unspecified atom stereocenters. The third-order valence-corrected chi connectivity index (χ3v) is 7.11. The lowest BCUT2D eigenvalue weighted by Gasteiger charge is -2.35. The third-order valence-electron chi connectivity index (χ3n) is 7.11. The van der Waals surface area contributed by atoms with Crippen LogP contribution in [0.2, 0.25) is 0 Å². The number of carbonyl (C=O) groups is 2. The summed E-state index contributed by atoms with van der Waals surface area (Å²) in [4.78, 5) is 34.6. The Morgan fingerprint density at radius 3 is 1.76 bits per heavy atom. The van der Waals surface area contributed by atoms with E-state index < -0.39 is 0 Å². The van der Waals surface area contributed by atoms with Crippen LogP contribution in [0.4, 0.5) is 0 Å². The van der Waals surface area contributed by atoms with Crippen LogP contribution in [0.25, 0.3) is 0 Å². The summed E-state index contributed by atoms with van der Waals surface area (Å²) < 4.78 is 5.16. The quantitative estimate of drug-likeness (QED) is 0.320. The van der Waals surface area contributed by atoms with Crippen molar-refractivity contribution in [1.82, 2.24) is 19.6 Å². The summed E-state index contributed by atoms with van der Waals surface area (Å²) >= 11 is 0. The van der Waals surface area contributed by atoms with E-state index >= 15 is 0 Å². The molecule has 0 aromatic heterocycles. The van der Waals surface area contributed by atoms with Gasteiger partial charge in [0, 0.05) is 65.0 Å². The van der Waals surface area contributed by atoms with Crippen molar-refractivity contribution in [2.75, 3.05) is 60.0 Å². The first-order valence-electron chi connectivity index (χ1n) is 14.7. The molecule has 1 fully saturated rings. The van der Waals surface area contributed by atoms with Gasteiger partial charge in [-0.15, -0.1) is 0 Å². The van der Waals surface area contributed by atoms with Crippen molar-refractivity contribution in [3.05, 3.63) is 107 Å². The maximum atomic E-state index is 13.5. The Morgan fingerprint density at radius 2 is 1.24 bits per heavy atom. The van der Waals surface area contributed by atoms with Crippen molar-refractivity contribution in [2.45, 2.75) is 33.5 Å². The summed E-state index contributed by atoms with van der Waals surface area (Å²) in [5.41, 5.74) is 3.93. The van der Waals surface area contributed by atoms with Gasteiger partial charge in [-0.25, -0.2) is 0 Å². The molecule has 4 rings (SSSR count). The first-order valence-corrected chi connectivity index (χ1v) is 14.7. The van der Waals surface area contributed by atoms with Gasteiger partial charge in [0.1, 0.15) is 0 Å². The molecule has 0 saturated carbocycles. The molecule has 0 spiro atoms. The number of rotatable bonds is 12. The number of ether oxygens (including phenoxy) is 1. The minimum Gasteiger partial charge on any atom is -0.383 e. The summed E-state index contributed by atoms with van der Waals surface area (Å²) in [5.74, 6) is 0.163. The van der Waals surface area contributed by atoms with Gasteiger partial charge < -0.3 is 14.5 Å². The molecule has 3 aromatic carbocycles. The molecule has 0 radical (unpaired) electrons. The summed E-state index contributed by atoms with van der Waals surface area (Å²) in [6.45, 7) is 11.0. The smallest absolute Gasteiger partial charge is 0.254 e. The molecule has 1 saturated heterocycles. The predicted molar refractivity (Wildman–Crippen MR) is 165 cm³/mol. The van der Waals surface area contributed by atoms with Gasteiger partial charge in [0.2, 0.25) is 5.91 Å². The molecule has 0 aliphatic carbocycles. The van der Waals surface area contributed by atoms with Gasteiger partial charge >= 0.3 is 0 Å². The SMILES string of the molecule is CC.COCCN1CCN(C(=O)CN(C)Cc2ccc(C(=O)N(Cc3ccccc3)Cc3ccccc3)cc2)CC1. The molecule has 1 heterocycles. The lowest BCUT2D eigenvalue weighted by Crippen LogP contribution is -2.51. The zero-order valence-electron chi connectivity index (χ0n) is 25.2. The zero-order chi connectivity index (χ0) is 29.5. The van der Waals surface area contributed by atoms with Gasteiger partial charge in [-0.3, -0.25) is 19.4 Å². The van der Waals surface area contributed by atoms with Crippen LogP contribution in [0.15, 0.2) is 84.9 Å². The van der Waals surface area contributed by atoms with Gasteiger partial charge in [0.05, 0.1) is 13.2 Å². The number of hydrogen-bond acceptors (Lipinski definition) is 5. The van der Waals surface area contributed by atoms with Crippen molar-refractivity contribution >= 4 is 11.8 Å². The lowest BCUT2D eigenvalue weighted by atomic mass is 10.1. The standard InChI is InChI=1S/C32H40N4O3.C2H6/c1-33(26-31(37)35-19-17-34(18-20-35)21-22-39-2)23-29-13-15-30(16-14-29)32(38)36(24-27-9-5-3-6-10-27)25-28-11-7-4-8-12-28;1-2/h3-16H,17-26H2,1-2H3;1-2H3. The largest absolute Gasteiger partial charge is 0.383 e. The fourth-order valence-corrected chi connectivity index (χ4v) is 4.88. The molecule has 7 nitrogen and oxygen atoms in total. The number of methoxy groups -OCH3 is 1. The molecule has 3 aromatic rings. The fraction of sp³-hybridized carbons (Fsp3) is 0.412. The van der Waals surface area contributed by atoms with Gasteiger partial charge in [0.25, 0.3) is 5.91 Å². The number of nitrogens with zero attached hydrogens (tertiary/aromatic N) is 4. The molecular weight excluding hydrogens is 512 g/mol. The van der Waals surface area contributed by atoms with Crippen LogP contribution in [0, 0.1) is 0 Å². The van der Waals surface area contributed by atoms with E-state index in [1.807, 2.05) is 121 Å². The van der Waals surface area contributed by atoms with Gasteiger partial charge in [-0.05, 0) is 35.9 Å². The minimum atomic E-state index is 0.00225. The molecule has 41 heavy (non-hydrogen) atoms. The van der Waals surface area contributed by atoms with Crippen LogP contribution in [-0.2, 0) is 29.2 Å². The topological polar surface area (TPSA) is 56.3 Å². The van der Waals surface area contributed by atoms with Crippen molar-refractivity contribution in [3.63, 3.8) is 0 Å². The molecule has 1 aliphatic rings. The van der Waals surface area contributed by atoms with E-state index in [4.69, 9.17) is 4.74 Å². The van der Waals surface area contributed by atoms with E-state index in [9.17, 15) is 9.59 Å². The average molecular weight is 559 g/mol. The number of hydrogen-bond donors (Lipinski definition) is 0. The maximum absolute atomic E-state index is 13.5. The molecule has 0 atom stereocenters. The molecule has 1 aliphatic heterocycles. The Morgan fingerprint density at radius 1 is 0.732 bits per heavy atom. The molecule has 2 amide bonds. The number of piperazine rings is 1. The summed E-state index contributed by atoms with van der Waals surface area (Å²) in [6, 6.07) is 27.9. The second kappa shape index (κ2) is 17.3. The second-order valence-electron chi connectivity index (χ2n) is 10.2. The highest BCUT2D eigenvalue weighted by Crippen LogP contribution is 2.16. The van der Waals surface area contributed by atoms with Gasteiger partial charge in [-0.2, -0.15) is 0 Å². The van der Waals surface area contributed by atoms with Crippen molar-refractivity contribution in [3.8, 4) is 0 Å². The highest BCUT2D eigenvalue weighted by Gasteiger charge is 2.22. The van der Waals surface area contributed by atoms with Crippen LogP contribution >= 0.6 is 0 Å². The first-order chi connectivity index (χ1) is 20.0. The minimum absolute atomic E-state index is 0.00225. The van der Waals surface area contributed by atoms with Crippen molar-refractivity contribution < 1.29 is 14.3 Å². The monoisotopic (exact) mass is 558 g/mol. The number of amides is 2. The summed E-state index contributed by atoms with van der Waals surface area (Å²) in [6.07, 6.45) is 0. The van der Waals surface area contributed by atoms with E-state index in [0.29, 0.717) is 31.7 Å². The highest BCUT2D eigenvalue weighted by atomic mass is 16.5. The molecule has 0 bridgehead atoms. The van der Waals surface area contributed by atoms with Crippen LogP contribution in [0.3, 0.4) is 0 Å². The van der Waals surface area contributed by atoms with Gasteiger partial charge in [0.15, 0.2) is 0 Å². The third kappa shape index (κ3) is 10.4. The van der Waals surface area contributed by atoms with Crippen molar-refractivity contribution in [2.24, 2.45) is 0 Å². The van der Waals surface area contributed by atoms with Crippen molar-refractivity contribution in [1.29, 1.82) is 0 Å². The van der Waals surface area contributed by atoms with E-state index in [1.165, 1.54) is 0 Å². The Kier molecular flexibility index (Phi) is 13.5. The normalized spacial score (nSPS) is 13.4. The Labute approximate surface area is 246 Å². The molecule has 0 N–H and O–H groups in total. The maximum Gasteiger partial charge on any atom is 0.254 e. The Balaban J connectivity index is 0.00000226. The van der Waals surface area contributed by atoms with E-state index in [0.717, 1.165) is 56.0 Å².